The van der Waals surface area contributed by atoms with Crippen LogP contribution in [0.4, 0.5) is 4.79 Å². The summed E-state index contributed by atoms with van der Waals surface area (Å²) in [5, 5.41) is 20.3. The van der Waals surface area contributed by atoms with Crippen LogP contribution in [-0.4, -0.2) is 172 Å². The van der Waals surface area contributed by atoms with Crippen molar-refractivity contribution >= 4 is 72.9 Å². The van der Waals surface area contributed by atoms with Gasteiger partial charge >= 0.3 is 12.1 Å². The standard InChI is InChI=1S/C110H102N4O19/c1-69(104(115)114-110(107(118)120-3)66-77-26-18-38-90-98(77)99-78(67-110)27-19-39-91(99)128-59-51-124-55-63-132-95-47-43-74-23-7-11-31-82(74)103(95)102-81-30-10-6-22-73(81)42-46-94(102)131-62-54-123-50-58-127-90)111-106(117)109(113-105(116)70(2)112-108(119)133-68-87-85-34-14-12-32-83(85)84-33-13-15-35-86(84)87)64-75-24-16-36-88-96(75)97-76(65-109)25-17-37-89(97)126-57-49-122-53-61-130-93-45-41-72-21-5-9-29-80(72)101(93)100-79-28-8-4-20-71(79)40-44-92(100)129-60-52-121-48-56-125-88/h4-47,69-70,87H,48-68H2,1-3H3,(H,111,117)(H,112,119)(H,113,116)(H,114,115). The first-order valence-corrected chi connectivity index (χ1v) is 45.3. The summed E-state index contributed by atoms with van der Waals surface area (Å²) in [5.74, 6) is 1.04. The minimum Gasteiger partial charge on any atom is -0.491 e. The van der Waals surface area contributed by atoms with E-state index in [-0.39, 0.29) is 144 Å². The van der Waals surface area contributed by atoms with Crippen LogP contribution < -0.4 is 59.2 Å². The quantitative estimate of drug-likeness (QED) is 0.0927. The Morgan fingerprint density at radius 2 is 0.586 bits per heavy atom. The Bertz CT molecular complexity index is 6390. The number of fused-ring (bicyclic) bond motifs is 17. The summed E-state index contributed by atoms with van der Waals surface area (Å²) in [6.45, 7) is 5.64. The molecule has 5 aliphatic rings. The smallest absolute Gasteiger partial charge is 0.407 e. The molecule has 0 spiro atoms. The SMILES string of the molecule is COC(=O)C1(NC(=O)C(C)NC(=O)C2(NC(=O)C(C)NC(=O)OCC3c4ccccc4-c4ccccc43)Cc3cccc4c3-c3c(cccc3OCCOCCOc3ccc5ccccc5c3-c3c(ccc5ccccc35)OCCOCCO4)C2)Cc2cccc3c2-c2c(cccc2OCCOCCOc2ccc4ccccc4c2-c2c(ccc4ccccc24)OCCOCCO3)C1. The second-order valence-corrected chi connectivity index (χ2v) is 33.8. The topological polar surface area (TPSA) is 263 Å². The zero-order chi connectivity index (χ0) is 90.8. The third-order valence-corrected chi connectivity index (χ3v) is 25.4. The van der Waals surface area contributed by atoms with Crippen LogP contribution >= 0.6 is 0 Å². The largest absolute Gasteiger partial charge is 0.491 e. The summed E-state index contributed by atoms with van der Waals surface area (Å²) in [7, 11) is 1.26. The fourth-order valence-electron chi connectivity index (χ4n) is 19.3. The monoisotopic (exact) mass is 1780 g/mol. The van der Waals surface area contributed by atoms with E-state index in [1.54, 1.807) is 0 Å². The third-order valence-electron chi connectivity index (χ3n) is 25.4. The van der Waals surface area contributed by atoms with Crippen molar-refractivity contribution in [3.8, 4) is 102 Å². The number of methoxy groups -OCH3 is 1. The zero-order valence-electron chi connectivity index (χ0n) is 74.2. The van der Waals surface area contributed by atoms with E-state index in [0.29, 0.717) is 90.5 Å². The molecule has 0 radical (unpaired) electrons. The summed E-state index contributed by atoms with van der Waals surface area (Å²) in [6.07, 6.45) is -1.54. The number of hydrogen-bond acceptors (Lipinski definition) is 19. The minimum atomic E-state index is -1.99. The van der Waals surface area contributed by atoms with E-state index < -0.39 is 52.9 Å². The van der Waals surface area contributed by atoms with E-state index in [0.717, 1.165) is 87.6 Å². The molecule has 133 heavy (non-hydrogen) atoms. The molecule has 4 N–H and O–H groups in total. The average Bonchev–Trinajstić information content (AvgIpc) is 1.49. The van der Waals surface area contributed by atoms with Crippen molar-refractivity contribution in [1.29, 1.82) is 0 Å². The lowest BCUT2D eigenvalue weighted by atomic mass is 9.84. The van der Waals surface area contributed by atoms with Crippen LogP contribution in [0.25, 0.3) is 98.7 Å². The average molecular weight is 1780 g/mol. The van der Waals surface area contributed by atoms with E-state index in [2.05, 4.69) is 94.1 Å². The Morgan fingerprint density at radius 3 is 0.910 bits per heavy atom. The molecule has 23 heteroatoms. The fraction of sp³-hybridized carbons (Fsp3) is 0.264. The molecule has 19 rings (SSSR count). The number of alkyl carbamates (subject to hydrolysis) is 1. The van der Waals surface area contributed by atoms with Crippen LogP contribution in [0.5, 0.6) is 46.0 Å². The Hall–Kier alpha value is -14.5. The first-order chi connectivity index (χ1) is 65.3. The number of esters is 1. The molecule has 0 fully saturated rings. The number of carbonyl (C=O) groups is 5. The van der Waals surface area contributed by atoms with Gasteiger partial charge in [-0.3, -0.25) is 14.4 Å². The molecule has 2 aliphatic heterocycles. The summed E-state index contributed by atoms with van der Waals surface area (Å²) in [4.78, 5) is 77.4. The number of benzene rings is 14. The van der Waals surface area contributed by atoms with Crippen LogP contribution in [0.2, 0.25) is 0 Å². The van der Waals surface area contributed by atoms with Crippen LogP contribution in [0.15, 0.2) is 267 Å². The molecular formula is C110H102N4O19. The molecule has 14 aromatic carbocycles. The van der Waals surface area contributed by atoms with Crippen LogP contribution in [-0.2, 0) is 73.3 Å². The van der Waals surface area contributed by atoms with Gasteiger partial charge in [-0.15, -0.1) is 0 Å². The number of rotatable bonds is 10. The van der Waals surface area contributed by atoms with Crippen molar-refractivity contribution in [3.05, 3.63) is 300 Å². The predicted molar refractivity (Wildman–Crippen MR) is 509 cm³/mol. The maximum atomic E-state index is 16.6. The van der Waals surface area contributed by atoms with Crippen LogP contribution in [0.3, 0.4) is 0 Å². The highest BCUT2D eigenvalue weighted by Crippen LogP contribution is 2.52. The molecule has 0 saturated heterocycles. The Morgan fingerprint density at radius 1 is 0.308 bits per heavy atom. The van der Waals surface area contributed by atoms with E-state index >= 15 is 19.2 Å². The second kappa shape index (κ2) is 39.7. The van der Waals surface area contributed by atoms with Gasteiger partial charge < -0.3 is 87.6 Å². The van der Waals surface area contributed by atoms with Crippen molar-refractivity contribution in [2.75, 3.05) is 119 Å². The van der Waals surface area contributed by atoms with Gasteiger partial charge in [0.25, 0.3) is 0 Å². The molecule has 14 aromatic rings. The van der Waals surface area contributed by atoms with Gasteiger partial charge in [-0.05, 0) is 150 Å². The third kappa shape index (κ3) is 18.3. The summed E-state index contributed by atoms with van der Waals surface area (Å²) in [6, 6.07) is 84.3. The van der Waals surface area contributed by atoms with Crippen molar-refractivity contribution in [2.45, 2.75) is 68.6 Å². The molecule has 2 heterocycles. The van der Waals surface area contributed by atoms with Crippen LogP contribution in [0, 0.1) is 0 Å². The molecular weight excluding hydrogens is 1680 g/mol. The molecule has 2 unspecified atom stereocenters. The van der Waals surface area contributed by atoms with Gasteiger partial charge in [-0.25, -0.2) is 9.59 Å². The molecule has 0 bridgehead atoms. The van der Waals surface area contributed by atoms with Crippen molar-refractivity contribution in [1.82, 2.24) is 21.3 Å². The van der Waals surface area contributed by atoms with Gasteiger partial charge in [0, 0.05) is 76.1 Å². The predicted octanol–water partition coefficient (Wildman–Crippen LogP) is 17.7. The molecule has 3 aliphatic carbocycles. The maximum absolute atomic E-state index is 16.6. The first kappa shape index (κ1) is 87.8. The summed E-state index contributed by atoms with van der Waals surface area (Å²) in [5.41, 5.74) is 8.47. The van der Waals surface area contributed by atoms with Gasteiger partial charge in [0.1, 0.15) is 129 Å². The molecule has 0 aromatic heterocycles. The van der Waals surface area contributed by atoms with Crippen molar-refractivity contribution in [3.63, 3.8) is 0 Å². The lowest BCUT2D eigenvalue weighted by Crippen LogP contribution is -2.67. The minimum absolute atomic E-state index is 0.0326. The van der Waals surface area contributed by atoms with Gasteiger partial charge in [-0.2, -0.15) is 0 Å². The molecule has 4 amide bonds. The lowest BCUT2D eigenvalue weighted by Gasteiger charge is -2.36. The highest BCUT2D eigenvalue weighted by molar-refractivity contribution is 6.12. The summed E-state index contributed by atoms with van der Waals surface area (Å²) >= 11 is 0. The van der Waals surface area contributed by atoms with E-state index in [9.17, 15) is 4.79 Å². The molecule has 0 saturated carbocycles. The van der Waals surface area contributed by atoms with Crippen molar-refractivity contribution in [2.24, 2.45) is 0 Å². The Balaban J connectivity index is 0.611. The lowest BCUT2D eigenvalue weighted by molar-refractivity contribution is -0.151. The number of hydrogen-bond donors (Lipinski definition) is 4. The van der Waals surface area contributed by atoms with Crippen molar-refractivity contribution < 1.29 is 90.3 Å². The van der Waals surface area contributed by atoms with E-state index in [1.165, 1.54) is 21.0 Å². The van der Waals surface area contributed by atoms with Gasteiger partial charge in [-0.1, -0.05) is 218 Å². The second-order valence-electron chi connectivity index (χ2n) is 33.8. The number of ether oxygens (including phenoxy) is 14. The molecule has 23 nitrogen and oxygen atoms in total. The number of carbonyl (C=O) groups excluding carboxylic acids is 5. The Kier molecular flexibility index (Phi) is 26.2. The summed E-state index contributed by atoms with van der Waals surface area (Å²) < 4.78 is 90.8. The number of nitrogens with one attached hydrogen (secondary N) is 4. The van der Waals surface area contributed by atoms with Crippen LogP contribution in [0.1, 0.15) is 53.1 Å². The molecule has 2 atom stereocenters. The number of amides is 4. The first-order valence-electron chi connectivity index (χ1n) is 45.3. The fourth-order valence-corrected chi connectivity index (χ4v) is 19.3. The van der Waals surface area contributed by atoms with Gasteiger partial charge in [0.15, 0.2) is 0 Å². The highest BCUT2D eigenvalue weighted by Gasteiger charge is 2.49. The van der Waals surface area contributed by atoms with Gasteiger partial charge in [0.2, 0.25) is 17.7 Å². The van der Waals surface area contributed by atoms with Gasteiger partial charge in [0.05, 0.1) is 60.0 Å². The normalized spacial score (nSPS) is 16.2. The maximum Gasteiger partial charge on any atom is 0.407 e. The Labute approximate surface area is 770 Å². The zero-order valence-corrected chi connectivity index (χ0v) is 74.2. The van der Waals surface area contributed by atoms with E-state index in [4.69, 9.17) is 66.3 Å². The highest BCUT2D eigenvalue weighted by atomic mass is 16.6. The molecule has 676 valence electrons. The van der Waals surface area contributed by atoms with E-state index in [1.807, 2.05) is 194 Å².